The van der Waals surface area contributed by atoms with Gasteiger partial charge >= 0.3 is 0 Å². The highest BCUT2D eigenvalue weighted by atomic mass is 79.9. The van der Waals surface area contributed by atoms with Gasteiger partial charge in [-0.2, -0.15) is 0 Å². The van der Waals surface area contributed by atoms with E-state index in [9.17, 15) is 4.79 Å². The Kier molecular flexibility index (Phi) is 2.94. The third-order valence-corrected chi connectivity index (χ3v) is 3.92. The van der Waals surface area contributed by atoms with Crippen LogP contribution in [-0.4, -0.2) is 17.4 Å². The van der Waals surface area contributed by atoms with Crippen molar-refractivity contribution in [1.82, 2.24) is 4.90 Å². The fourth-order valence-electron chi connectivity index (χ4n) is 2.61. The number of fused-ring (bicyclic) bond motifs is 3. The summed E-state index contributed by atoms with van der Waals surface area (Å²) in [4.78, 5) is 14.2. The summed E-state index contributed by atoms with van der Waals surface area (Å²) in [5.74, 6) is 0.111. The van der Waals surface area contributed by atoms with Crippen LogP contribution in [0.3, 0.4) is 0 Å². The van der Waals surface area contributed by atoms with Gasteiger partial charge in [-0.1, -0.05) is 40.2 Å². The zero-order valence-electron chi connectivity index (χ0n) is 10.7. The van der Waals surface area contributed by atoms with Crippen molar-refractivity contribution < 1.29 is 4.79 Å². The molecule has 3 rings (SSSR count). The van der Waals surface area contributed by atoms with Crippen molar-refractivity contribution >= 4 is 32.6 Å². The summed E-state index contributed by atoms with van der Waals surface area (Å²) >= 11 is 3.50. The molecule has 1 amide bonds. The lowest BCUT2D eigenvalue weighted by molar-refractivity contribution is 0.0792. The van der Waals surface area contributed by atoms with Gasteiger partial charge in [0.15, 0.2) is 0 Å². The number of carbonyl (C=O) groups is 1. The predicted octanol–water partition coefficient (Wildman–Crippen LogP) is 4.13. The summed E-state index contributed by atoms with van der Waals surface area (Å²) in [5, 5.41) is 2.33. The van der Waals surface area contributed by atoms with Gasteiger partial charge in [-0.3, -0.25) is 4.79 Å². The van der Waals surface area contributed by atoms with Crippen LogP contribution in [0.1, 0.15) is 22.8 Å². The molecule has 0 spiro atoms. The van der Waals surface area contributed by atoms with Crippen LogP contribution in [0, 0.1) is 0 Å². The van der Waals surface area contributed by atoms with E-state index in [1.165, 1.54) is 5.39 Å². The van der Waals surface area contributed by atoms with Crippen molar-refractivity contribution in [2.75, 3.05) is 6.54 Å². The molecule has 1 aliphatic rings. The van der Waals surface area contributed by atoms with Crippen LogP contribution in [0.5, 0.6) is 0 Å². The highest BCUT2D eigenvalue weighted by Crippen LogP contribution is 2.32. The van der Waals surface area contributed by atoms with Gasteiger partial charge in [0.2, 0.25) is 0 Å². The van der Waals surface area contributed by atoms with Gasteiger partial charge < -0.3 is 4.90 Å². The molecule has 0 fully saturated rings. The fraction of sp³-hybridized carbons (Fsp3) is 0.188. The minimum absolute atomic E-state index is 0.111. The Morgan fingerprint density at radius 1 is 1.37 bits per heavy atom. The van der Waals surface area contributed by atoms with Gasteiger partial charge in [-0.25, -0.2) is 0 Å². The Labute approximate surface area is 120 Å². The Hall–Kier alpha value is -1.61. The van der Waals surface area contributed by atoms with Crippen molar-refractivity contribution in [3.8, 4) is 0 Å². The summed E-state index contributed by atoms with van der Waals surface area (Å²) in [6, 6.07) is 10.1. The molecule has 0 saturated carbocycles. The van der Waals surface area contributed by atoms with Crippen molar-refractivity contribution in [3.63, 3.8) is 0 Å². The molecule has 2 aromatic rings. The second-order valence-electron chi connectivity index (χ2n) is 5.08. The third-order valence-electron chi connectivity index (χ3n) is 3.42. The summed E-state index contributed by atoms with van der Waals surface area (Å²) in [5.41, 5.74) is 2.96. The van der Waals surface area contributed by atoms with E-state index in [0.717, 1.165) is 26.6 Å². The van der Waals surface area contributed by atoms with E-state index < -0.39 is 0 Å². The zero-order valence-corrected chi connectivity index (χ0v) is 12.3. The summed E-state index contributed by atoms with van der Waals surface area (Å²) in [7, 11) is 0. The second kappa shape index (κ2) is 4.49. The lowest BCUT2D eigenvalue weighted by Gasteiger charge is -2.15. The van der Waals surface area contributed by atoms with Crippen LogP contribution in [0.25, 0.3) is 10.8 Å². The molecule has 3 heteroatoms. The van der Waals surface area contributed by atoms with Crippen molar-refractivity contribution in [2.45, 2.75) is 13.5 Å². The molecule has 0 atom stereocenters. The molecular weight excluding hydrogens is 302 g/mol. The van der Waals surface area contributed by atoms with E-state index in [1.807, 2.05) is 30.0 Å². The van der Waals surface area contributed by atoms with Crippen LogP contribution in [-0.2, 0) is 6.54 Å². The van der Waals surface area contributed by atoms with E-state index >= 15 is 0 Å². The molecule has 2 aromatic carbocycles. The topological polar surface area (TPSA) is 20.3 Å². The molecule has 19 heavy (non-hydrogen) atoms. The summed E-state index contributed by atoms with van der Waals surface area (Å²) < 4.78 is 1.04. The first kappa shape index (κ1) is 12.4. The van der Waals surface area contributed by atoms with Crippen molar-refractivity contribution in [3.05, 3.63) is 58.1 Å². The third kappa shape index (κ3) is 2.08. The molecule has 2 nitrogen and oxygen atoms in total. The standard InChI is InChI=1S/C16H14BrNO/c1-10(2)8-18-9-15-13(16(18)19)6-4-11-3-5-12(17)7-14(11)15/h3-7H,1,8-9H2,2H3. The van der Waals surface area contributed by atoms with Gasteiger partial charge in [0.1, 0.15) is 0 Å². The van der Waals surface area contributed by atoms with Crippen LogP contribution < -0.4 is 0 Å². The van der Waals surface area contributed by atoms with E-state index in [1.54, 1.807) is 0 Å². The summed E-state index contributed by atoms with van der Waals surface area (Å²) in [6.45, 7) is 7.14. The molecule has 0 aliphatic carbocycles. The number of benzene rings is 2. The van der Waals surface area contributed by atoms with Gasteiger partial charge in [0.05, 0.1) is 0 Å². The van der Waals surface area contributed by atoms with E-state index in [0.29, 0.717) is 13.1 Å². The quantitative estimate of drug-likeness (QED) is 0.763. The molecule has 1 aliphatic heterocycles. The first-order chi connectivity index (χ1) is 9.06. The van der Waals surface area contributed by atoms with E-state index in [4.69, 9.17) is 0 Å². The lowest BCUT2D eigenvalue weighted by atomic mass is 10.0. The van der Waals surface area contributed by atoms with Gasteiger partial charge in [0, 0.05) is 23.1 Å². The number of hydrogen-bond donors (Lipinski definition) is 0. The maximum Gasteiger partial charge on any atom is 0.254 e. The van der Waals surface area contributed by atoms with E-state index in [-0.39, 0.29) is 5.91 Å². The normalized spacial score (nSPS) is 14.0. The molecular formula is C16H14BrNO. The predicted molar refractivity (Wildman–Crippen MR) is 81.2 cm³/mol. The average Bonchev–Trinajstić information content (AvgIpc) is 2.66. The molecule has 0 aromatic heterocycles. The molecule has 0 N–H and O–H groups in total. The number of halogens is 1. The Morgan fingerprint density at radius 3 is 2.84 bits per heavy atom. The Morgan fingerprint density at radius 2 is 2.11 bits per heavy atom. The fourth-order valence-corrected chi connectivity index (χ4v) is 2.97. The highest BCUT2D eigenvalue weighted by Gasteiger charge is 2.28. The minimum Gasteiger partial charge on any atom is -0.330 e. The number of hydrogen-bond acceptors (Lipinski definition) is 1. The number of nitrogens with zero attached hydrogens (tertiary/aromatic N) is 1. The number of rotatable bonds is 2. The molecule has 1 heterocycles. The van der Waals surface area contributed by atoms with Crippen LogP contribution >= 0.6 is 15.9 Å². The monoisotopic (exact) mass is 315 g/mol. The van der Waals surface area contributed by atoms with Crippen molar-refractivity contribution in [2.24, 2.45) is 0 Å². The van der Waals surface area contributed by atoms with E-state index in [2.05, 4.69) is 34.6 Å². The molecule has 96 valence electrons. The second-order valence-corrected chi connectivity index (χ2v) is 5.99. The van der Waals surface area contributed by atoms with Crippen LogP contribution in [0.4, 0.5) is 0 Å². The molecule has 0 saturated heterocycles. The van der Waals surface area contributed by atoms with Gasteiger partial charge in [0.25, 0.3) is 5.91 Å². The summed E-state index contributed by atoms with van der Waals surface area (Å²) in [6.07, 6.45) is 0. The first-order valence-corrected chi connectivity index (χ1v) is 7.00. The Bertz CT molecular complexity index is 705. The van der Waals surface area contributed by atoms with Crippen molar-refractivity contribution in [1.29, 1.82) is 0 Å². The van der Waals surface area contributed by atoms with Crippen LogP contribution in [0.2, 0.25) is 0 Å². The molecule has 0 unspecified atom stereocenters. The van der Waals surface area contributed by atoms with Crippen LogP contribution in [0.15, 0.2) is 47.0 Å². The SMILES string of the molecule is C=C(C)CN1Cc2c(ccc3ccc(Br)cc23)C1=O. The first-order valence-electron chi connectivity index (χ1n) is 6.21. The smallest absolute Gasteiger partial charge is 0.254 e. The van der Waals surface area contributed by atoms with Gasteiger partial charge in [-0.15, -0.1) is 0 Å². The average molecular weight is 316 g/mol. The lowest BCUT2D eigenvalue weighted by Crippen LogP contribution is -2.25. The van der Waals surface area contributed by atoms with Gasteiger partial charge in [-0.05, 0) is 41.5 Å². The maximum atomic E-state index is 12.3. The molecule has 0 bridgehead atoms. The number of amides is 1. The minimum atomic E-state index is 0.111. The number of carbonyl (C=O) groups excluding carboxylic acids is 1. The Balaban J connectivity index is 2.13. The maximum absolute atomic E-state index is 12.3. The largest absolute Gasteiger partial charge is 0.330 e. The highest BCUT2D eigenvalue weighted by molar-refractivity contribution is 9.10. The zero-order chi connectivity index (χ0) is 13.6. The molecule has 0 radical (unpaired) electrons.